The van der Waals surface area contributed by atoms with Gasteiger partial charge in [-0.1, -0.05) is 12.8 Å². The van der Waals surface area contributed by atoms with E-state index in [4.69, 9.17) is 11.6 Å². The minimum absolute atomic E-state index is 0.364. The second-order valence-electron chi connectivity index (χ2n) is 3.30. The fourth-order valence-electron chi connectivity index (χ4n) is 1.27. The van der Waals surface area contributed by atoms with Gasteiger partial charge in [-0.3, -0.25) is 0 Å². The molecular weight excluding hydrogens is 172 g/mol. The van der Waals surface area contributed by atoms with Crippen LogP contribution in [0.5, 0.6) is 0 Å². The van der Waals surface area contributed by atoms with E-state index in [1.807, 2.05) is 6.07 Å². The van der Waals surface area contributed by atoms with Crippen molar-refractivity contribution < 1.29 is 0 Å². The highest BCUT2D eigenvalue weighted by Gasteiger charge is 2.20. The van der Waals surface area contributed by atoms with Crippen molar-refractivity contribution in [3.63, 3.8) is 0 Å². The zero-order valence-electron chi connectivity index (χ0n) is 6.83. The molecule has 0 saturated heterocycles. The van der Waals surface area contributed by atoms with E-state index < -0.39 is 0 Å². The van der Waals surface area contributed by atoms with Crippen LogP contribution in [0.4, 0.5) is 0 Å². The molecule has 0 aliphatic heterocycles. The molecule has 1 aliphatic carbocycles. The van der Waals surface area contributed by atoms with E-state index in [1.165, 1.54) is 19.3 Å². The predicted octanol–water partition coefficient (Wildman–Crippen LogP) is 2.47. The molecule has 0 unspecified atom stereocenters. The van der Waals surface area contributed by atoms with Crippen LogP contribution >= 0.6 is 11.6 Å². The average Bonchev–Trinajstić information content (AvgIpc) is 2.84. The van der Waals surface area contributed by atoms with Gasteiger partial charge >= 0.3 is 0 Å². The second kappa shape index (κ2) is 3.40. The molecule has 2 rings (SSSR count). The molecule has 1 aliphatic rings. The minimum Gasteiger partial charge on any atom is -0.227 e. The van der Waals surface area contributed by atoms with Gasteiger partial charge in [0.15, 0.2) is 0 Å². The molecule has 0 radical (unpaired) electrons. The Labute approximate surface area is 77.0 Å². The molecule has 0 aromatic carbocycles. The monoisotopic (exact) mass is 182 g/mol. The van der Waals surface area contributed by atoms with E-state index in [9.17, 15) is 0 Å². The first-order valence-corrected chi connectivity index (χ1v) is 4.70. The fraction of sp³-hybridized carbons (Fsp3) is 0.556. The van der Waals surface area contributed by atoms with Crippen molar-refractivity contribution in [3.05, 3.63) is 23.2 Å². The zero-order valence-corrected chi connectivity index (χ0v) is 7.59. The van der Waals surface area contributed by atoms with Crippen LogP contribution in [0.15, 0.2) is 12.3 Å². The zero-order chi connectivity index (χ0) is 8.39. The van der Waals surface area contributed by atoms with Crippen LogP contribution in [0.1, 0.15) is 25.0 Å². The molecule has 1 aromatic rings. The lowest BCUT2D eigenvalue weighted by Crippen LogP contribution is -1.92. The minimum atomic E-state index is 0.364. The molecule has 0 bridgehead atoms. The number of nitrogens with zero attached hydrogens (tertiary/aromatic N) is 2. The van der Waals surface area contributed by atoms with Crippen molar-refractivity contribution in [2.75, 3.05) is 0 Å². The van der Waals surface area contributed by atoms with Gasteiger partial charge in [0.1, 0.15) is 0 Å². The Hall–Kier alpha value is -0.630. The van der Waals surface area contributed by atoms with Gasteiger partial charge in [-0.15, -0.1) is 0 Å². The summed E-state index contributed by atoms with van der Waals surface area (Å²) in [6.45, 7) is 0. The third kappa shape index (κ3) is 2.18. The molecule has 2 nitrogen and oxygen atoms in total. The molecular formula is C9H11ClN2. The van der Waals surface area contributed by atoms with E-state index >= 15 is 0 Å². The quantitative estimate of drug-likeness (QED) is 0.672. The van der Waals surface area contributed by atoms with Crippen molar-refractivity contribution in [2.24, 2.45) is 5.92 Å². The lowest BCUT2D eigenvalue weighted by Gasteiger charge is -1.98. The van der Waals surface area contributed by atoms with Gasteiger partial charge < -0.3 is 0 Å². The van der Waals surface area contributed by atoms with E-state index in [0.717, 1.165) is 18.0 Å². The molecule has 12 heavy (non-hydrogen) atoms. The maximum Gasteiger partial charge on any atom is 0.222 e. The number of hydrogen-bond donors (Lipinski definition) is 0. The number of hydrogen-bond acceptors (Lipinski definition) is 2. The Morgan fingerprint density at radius 3 is 3.00 bits per heavy atom. The van der Waals surface area contributed by atoms with Crippen molar-refractivity contribution in [1.82, 2.24) is 9.97 Å². The van der Waals surface area contributed by atoms with Crippen LogP contribution in [-0.2, 0) is 6.42 Å². The first-order valence-electron chi connectivity index (χ1n) is 4.32. The van der Waals surface area contributed by atoms with Crippen LogP contribution in [-0.4, -0.2) is 9.97 Å². The third-order valence-electron chi connectivity index (χ3n) is 2.19. The Bertz CT molecular complexity index is 271. The van der Waals surface area contributed by atoms with Crippen LogP contribution in [0.25, 0.3) is 0 Å². The Balaban J connectivity index is 1.92. The lowest BCUT2D eigenvalue weighted by atomic mass is 10.2. The normalized spacial score (nSPS) is 16.4. The Morgan fingerprint density at radius 1 is 1.50 bits per heavy atom. The molecule has 0 amide bonds. The maximum absolute atomic E-state index is 5.65. The highest BCUT2D eigenvalue weighted by Crippen LogP contribution is 2.33. The van der Waals surface area contributed by atoms with Crippen LogP contribution in [0.2, 0.25) is 5.28 Å². The summed E-state index contributed by atoms with van der Waals surface area (Å²) in [7, 11) is 0. The van der Waals surface area contributed by atoms with Crippen LogP contribution in [0.3, 0.4) is 0 Å². The highest BCUT2D eigenvalue weighted by molar-refractivity contribution is 6.28. The molecule has 64 valence electrons. The molecule has 0 atom stereocenters. The fourth-order valence-corrected chi connectivity index (χ4v) is 1.43. The molecule has 1 saturated carbocycles. The first kappa shape index (κ1) is 7.99. The summed E-state index contributed by atoms with van der Waals surface area (Å²) in [6.07, 6.45) is 6.83. The number of aromatic nitrogens is 2. The summed E-state index contributed by atoms with van der Waals surface area (Å²) in [6, 6.07) is 1.94. The average molecular weight is 183 g/mol. The summed E-state index contributed by atoms with van der Waals surface area (Å²) in [5, 5.41) is 0.364. The van der Waals surface area contributed by atoms with Gasteiger partial charge in [0, 0.05) is 11.9 Å². The van der Waals surface area contributed by atoms with E-state index in [2.05, 4.69) is 9.97 Å². The number of rotatable bonds is 3. The SMILES string of the molecule is Clc1nccc(CCC2CC2)n1. The Kier molecular flexibility index (Phi) is 2.26. The topological polar surface area (TPSA) is 25.8 Å². The number of aryl methyl sites for hydroxylation is 1. The predicted molar refractivity (Wildman–Crippen MR) is 48.1 cm³/mol. The summed E-state index contributed by atoms with van der Waals surface area (Å²) in [5.74, 6) is 0.957. The molecule has 1 aromatic heterocycles. The van der Waals surface area contributed by atoms with Gasteiger partial charge in [0.25, 0.3) is 0 Å². The number of halogens is 1. The van der Waals surface area contributed by atoms with Gasteiger partial charge in [-0.05, 0) is 36.4 Å². The van der Waals surface area contributed by atoms with Crippen LogP contribution in [0, 0.1) is 5.92 Å². The van der Waals surface area contributed by atoms with Crippen LogP contribution < -0.4 is 0 Å². The largest absolute Gasteiger partial charge is 0.227 e. The van der Waals surface area contributed by atoms with Gasteiger partial charge in [-0.2, -0.15) is 0 Å². The second-order valence-corrected chi connectivity index (χ2v) is 3.64. The summed E-state index contributed by atoms with van der Waals surface area (Å²) < 4.78 is 0. The summed E-state index contributed by atoms with van der Waals surface area (Å²) in [5.41, 5.74) is 1.07. The van der Waals surface area contributed by atoms with E-state index in [1.54, 1.807) is 6.20 Å². The van der Waals surface area contributed by atoms with Crippen molar-refractivity contribution in [3.8, 4) is 0 Å². The smallest absolute Gasteiger partial charge is 0.222 e. The third-order valence-corrected chi connectivity index (χ3v) is 2.37. The van der Waals surface area contributed by atoms with Gasteiger partial charge in [0.05, 0.1) is 0 Å². The summed E-state index contributed by atoms with van der Waals surface area (Å²) in [4.78, 5) is 7.96. The summed E-state index contributed by atoms with van der Waals surface area (Å²) >= 11 is 5.65. The standard InChI is InChI=1S/C9H11ClN2/c10-9-11-6-5-8(12-9)4-3-7-1-2-7/h5-7H,1-4H2. The van der Waals surface area contributed by atoms with Gasteiger partial charge in [-0.25, -0.2) is 9.97 Å². The van der Waals surface area contributed by atoms with E-state index in [0.29, 0.717) is 5.28 Å². The maximum atomic E-state index is 5.65. The lowest BCUT2D eigenvalue weighted by molar-refractivity contribution is 0.712. The highest BCUT2D eigenvalue weighted by atomic mass is 35.5. The van der Waals surface area contributed by atoms with Crippen molar-refractivity contribution in [2.45, 2.75) is 25.7 Å². The van der Waals surface area contributed by atoms with Crippen molar-refractivity contribution in [1.29, 1.82) is 0 Å². The van der Waals surface area contributed by atoms with Gasteiger partial charge in [0.2, 0.25) is 5.28 Å². The molecule has 0 spiro atoms. The first-order chi connectivity index (χ1) is 5.84. The van der Waals surface area contributed by atoms with Crippen molar-refractivity contribution >= 4 is 11.6 Å². The van der Waals surface area contributed by atoms with E-state index in [-0.39, 0.29) is 0 Å². The molecule has 1 heterocycles. The molecule has 0 N–H and O–H groups in total. The molecule has 1 fully saturated rings. The Morgan fingerprint density at radius 2 is 2.33 bits per heavy atom. The molecule has 3 heteroatoms.